The summed E-state index contributed by atoms with van der Waals surface area (Å²) >= 11 is 0. The minimum Gasteiger partial charge on any atom is -0.381 e. The molecule has 4 aliphatic rings. The highest BCUT2D eigenvalue weighted by molar-refractivity contribution is 5.19. The van der Waals surface area contributed by atoms with Crippen LogP contribution in [0.1, 0.15) is 31.2 Å². The molecule has 6 heteroatoms. The van der Waals surface area contributed by atoms with Crippen molar-refractivity contribution in [1.29, 1.82) is 0 Å². The minimum absolute atomic E-state index is 0.401. The van der Waals surface area contributed by atoms with Crippen molar-refractivity contribution >= 4 is 0 Å². The van der Waals surface area contributed by atoms with Crippen LogP contribution in [0.15, 0.2) is 12.1 Å². The van der Waals surface area contributed by atoms with E-state index in [1.165, 1.54) is 6.42 Å². The van der Waals surface area contributed by atoms with Crippen molar-refractivity contribution in [3.8, 4) is 0 Å². The Morgan fingerprint density at radius 1 is 0.880 bits per heavy atom. The highest BCUT2D eigenvalue weighted by atomic mass is 19.2. The molecule has 138 valence electrons. The van der Waals surface area contributed by atoms with Gasteiger partial charge in [-0.3, -0.25) is 9.80 Å². The first-order chi connectivity index (χ1) is 12.1. The smallest absolute Gasteiger partial charge is 0.194 e. The third-order valence-electron chi connectivity index (χ3n) is 5.99. The summed E-state index contributed by atoms with van der Waals surface area (Å²) in [6.45, 7) is 5.22. The van der Waals surface area contributed by atoms with Crippen LogP contribution in [-0.2, 0) is 11.3 Å². The molecule has 25 heavy (non-hydrogen) atoms. The van der Waals surface area contributed by atoms with E-state index in [-0.39, 0.29) is 0 Å². The lowest BCUT2D eigenvalue weighted by Crippen LogP contribution is -2.45. The third kappa shape index (κ3) is 3.71. The average molecular weight is 354 g/mol. The standard InChI is InChI=1S/C19H25F3N2O/c20-17-7-14(8-18(21)19(17)22)11-23-9-13-1-2-16(23)12-24(10-13)15-3-5-25-6-4-15/h7-8,13,15-16H,1-6,9-12H2. The molecule has 1 aromatic rings. The number of halogens is 3. The molecule has 0 aromatic heterocycles. The van der Waals surface area contributed by atoms with E-state index in [0.29, 0.717) is 30.1 Å². The Balaban J connectivity index is 1.47. The zero-order valence-electron chi connectivity index (χ0n) is 14.4. The van der Waals surface area contributed by atoms with Gasteiger partial charge >= 0.3 is 0 Å². The van der Waals surface area contributed by atoms with Gasteiger partial charge in [0, 0.05) is 51.5 Å². The number of rotatable bonds is 3. The molecule has 2 unspecified atom stereocenters. The van der Waals surface area contributed by atoms with Gasteiger partial charge < -0.3 is 4.74 Å². The number of piperidine rings is 1. The Morgan fingerprint density at radius 2 is 1.60 bits per heavy atom. The molecule has 0 N–H and O–H groups in total. The van der Waals surface area contributed by atoms with Crippen LogP contribution in [0.5, 0.6) is 0 Å². The van der Waals surface area contributed by atoms with Crippen LogP contribution in [0.3, 0.4) is 0 Å². The molecule has 4 aliphatic heterocycles. The molecule has 0 amide bonds. The number of ether oxygens (including phenoxy) is 1. The molecule has 0 spiro atoms. The van der Waals surface area contributed by atoms with Gasteiger partial charge in [0.1, 0.15) is 0 Å². The number of hydrogen-bond acceptors (Lipinski definition) is 3. The molecule has 4 saturated heterocycles. The fourth-order valence-electron chi connectivity index (χ4n) is 4.69. The summed E-state index contributed by atoms with van der Waals surface area (Å²) in [6.07, 6.45) is 4.52. The molecular weight excluding hydrogens is 329 g/mol. The Bertz CT molecular complexity index is 598. The molecule has 3 nitrogen and oxygen atoms in total. The van der Waals surface area contributed by atoms with Gasteiger partial charge in [0.05, 0.1) is 0 Å². The Labute approximate surface area is 146 Å². The van der Waals surface area contributed by atoms with Gasteiger partial charge in [-0.15, -0.1) is 0 Å². The van der Waals surface area contributed by atoms with Crippen molar-refractivity contribution in [3.63, 3.8) is 0 Å². The fourth-order valence-corrected chi connectivity index (χ4v) is 4.69. The zero-order valence-corrected chi connectivity index (χ0v) is 14.4. The maximum absolute atomic E-state index is 13.5. The summed E-state index contributed by atoms with van der Waals surface area (Å²) in [6, 6.07) is 3.26. The van der Waals surface area contributed by atoms with Crippen LogP contribution in [0, 0.1) is 23.4 Å². The van der Waals surface area contributed by atoms with Crippen molar-refractivity contribution < 1.29 is 17.9 Å². The van der Waals surface area contributed by atoms with Crippen LogP contribution in [0.2, 0.25) is 0 Å². The maximum atomic E-state index is 13.5. The number of hydrogen-bond donors (Lipinski definition) is 0. The first-order valence-corrected chi connectivity index (χ1v) is 9.29. The largest absolute Gasteiger partial charge is 0.381 e. The van der Waals surface area contributed by atoms with Crippen molar-refractivity contribution in [2.75, 3.05) is 32.8 Å². The molecular formula is C19H25F3N2O. The summed E-state index contributed by atoms with van der Waals surface area (Å²) < 4.78 is 45.7. The van der Waals surface area contributed by atoms with E-state index >= 15 is 0 Å². The molecule has 2 bridgehead atoms. The fraction of sp³-hybridized carbons (Fsp3) is 0.684. The van der Waals surface area contributed by atoms with Crippen molar-refractivity contribution in [2.45, 2.75) is 44.3 Å². The van der Waals surface area contributed by atoms with E-state index in [0.717, 1.165) is 64.2 Å². The van der Waals surface area contributed by atoms with Gasteiger partial charge in [-0.1, -0.05) is 0 Å². The van der Waals surface area contributed by atoms with E-state index in [2.05, 4.69) is 9.80 Å². The first kappa shape index (κ1) is 17.3. The van der Waals surface area contributed by atoms with Gasteiger partial charge in [0.25, 0.3) is 0 Å². The normalized spacial score (nSPS) is 29.1. The van der Waals surface area contributed by atoms with Gasteiger partial charge in [0.15, 0.2) is 17.5 Å². The van der Waals surface area contributed by atoms with Crippen molar-refractivity contribution in [1.82, 2.24) is 9.80 Å². The number of benzene rings is 1. The van der Waals surface area contributed by atoms with E-state index in [4.69, 9.17) is 4.74 Å². The quantitative estimate of drug-likeness (QED) is 0.776. The number of nitrogens with zero attached hydrogens (tertiary/aromatic N) is 2. The van der Waals surface area contributed by atoms with Crippen LogP contribution in [-0.4, -0.2) is 54.7 Å². The van der Waals surface area contributed by atoms with Crippen LogP contribution in [0.25, 0.3) is 0 Å². The van der Waals surface area contributed by atoms with Crippen LogP contribution < -0.4 is 0 Å². The minimum atomic E-state index is -1.38. The summed E-state index contributed by atoms with van der Waals surface area (Å²) in [5, 5.41) is 0. The van der Waals surface area contributed by atoms with E-state index < -0.39 is 17.5 Å². The first-order valence-electron chi connectivity index (χ1n) is 9.29. The molecule has 5 rings (SSSR count). The molecule has 1 aromatic carbocycles. The van der Waals surface area contributed by atoms with Gasteiger partial charge in [-0.05, 0) is 49.3 Å². The van der Waals surface area contributed by atoms with Gasteiger partial charge in [-0.25, -0.2) is 13.2 Å². The lowest BCUT2D eigenvalue weighted by atomic mass is 9.94. The van der Waals surface area contributed by atoms with Gasteiger partial charge in [0.2, 0.25) is 0 Å². The molecule has 0 saturated carbocycles. The highest BCUT2D eigenvalue weighted by Gasteiger charge is 2.37. The van der Waals surface area contributed by atoms with E-state index in [1.54, 1.807) is 0 Å². The third-order valence-corrected chi connectivity index (χ3v) is 5.99. The Kier molecular flexibility index (Phi) is 5.02. The lowest BCUT2D eigenvalue weighted by molar-refractivity contribution is 0.0307. The zero-order chi connectivity index (χ0) is 17.4. The summed E-state index contributed by atoms with van der Waals surface area (Å²) in [5.74, 6) is -2.99. The molecule has 4 fully saturated rings. The highest BCUT2D eigenvalue weighted by Crippen LogP contribution is 2.32. The summed E-state index contributed by atoms with van der Waals surface area (Å²) in [7, 11) is 0. The SMILES string of the molecule is Fc1cc(CN2CC3CCC2CN(C2CCOCC2)C3)cc(F)c1F. The summed E-state index contributed by atoms with van der Waals surface area (Å²) in [4.78, 5) is 4.94. The second kappa shape index (κ2) is 7.25. The average Bonchev–Trinajstić information content (AvgIpc) is 2.92. The molecule has 0 aliphatic carbocycles. The molecule has 0 radical (unpaired) electrons. The predicted molar refractivity (Wildman–Crippen MR) is 88.7 cm³/mol. The monoisotopic (exact) mass is 354 g/mol. The second-order valence-corrected chi connectivity index (χ2v) is 7.70. The lowest BCUT2D eigenvalue weighted by Gasteiger charge is -2.37. The van der Waals surface area contributed by atoms with E-state index in [1.807, 2.05) is 0 Å². The van der Waals surface area contributed by atoms with Crippen molar-refractivity contribution in [2.24, 2.45) is 5.92 Å². The maximum Gasteiger partial charge on any atom is 0.194 e. The topological polar surface area (TPSA) is 15.7 Å². The molecule has 2 atom stereocenters. The van der Waals surface area contributed by atoms with E-state index in [9.17, 15) is 13.2 Å². The Hall–Kier alpha value is -1.11. The summed E-state index contributed by atoms with van der Waals surface area (Å²) in [5.41, 5.74) is 0.515. The molecule has 4 heterocycles. The predicted octanol–water partition coefficient (Wildman–Crippen LogP) is 3.18. The Morgan fingerprint density at radius 3 is 2.32 bits per heavy atom. The van der Waals surface area contributed by atoms with Crippen LogP contribution >= 0.6 is 0 Å². The number of fused-ring (bicyclic) bond motifs is 4. The van der Waals surface area contributed by atoms with Crippen molar-refractivity contribution in [3.05, 3.63) is 35.1 Å². The second-order valence-electron chi connectivity index (χ2n) is 7.70. The van der Waals surface area contributed by atoms with Crippen LogP contribution in [0.4, 0.5) is 13.2 Å². The van der Waals surface area contributed by atoms with Gasteiger partial charge in [-0.2, -0.15) is 0 Å².